The number of para-hydroxylation sites is 1. The predicted molar refractivity (Wildman–Crippen MR) is 161 cm³/mol. The molecule has 0 spiro atoms. The average Bonchev–Trinajstić information content (AvgIpc) is 2.91. The number of amides is 4. The van der Waals surface area contributed by atoms with Gasteiger partial charge in [0.2, 0.25) is 17.7 Å². The third-order valence-corrected chi connectivity index (χ3v) is 6.63. The third-order valence-electron chi connectivity index (χ3n) is 6.63. The Balaban J connectivity index is 2.58. The number of rotatable bonds is 14. The van der Waals surface area contributed by atoms with E-state index in [1.54, 1.807) is 39.0 Å². The SMILES string of the molecule is CC(C)CCC(C)N(C(=O)C(CCC(N)=O)NC(=O)OC(C)(C)C)C(C(=O)NCc1ccccc1)c1ccccc1O. The van der Waals surface area contributed by atoms with Crippen LogP contribution < -0.4 is 16.4 Å². The average molecular weight is 583 g/mol. The van der Waals surface area contributed by atoms with Gasteiger partial charge in [0.05, 0.1) is 0 Å². The number of nitrogens with two attached hydrogens (primary N) is 1. The molecule has 0 aromatic heterocycles. The third kappa shape index (κ3) is 11.1. The number of nitrogens with one attached hydrogen (secondary N) is 2. The predicted octanol–water partition coefficient (Wildman–Crippen LogP) is 4.56. The van der Waals surface area contributed by atoms with E-state index in [0.717, 1.165) is 12.0 Å². The summed E-state index contributed by atoms with van der Waals surface area (Å²) in [4.78, 5) is 54.2. The van der Waals surface area contributed by atoms with Gasteiger partial charge in [-0.15, -0.1) is 0 Å². The summed E-state index contributed by atoms with van der Waals surface area (Å²) >= 11 is 0. The quantitative estimate of drug-likeness (QED) is 0.256. The van der Waals surface area contributed by atoms with Crippen molar-refractivity contribution in [3.63, 3.8) is 0 Å². The van der Waals surface area contributed by atoms with Crippen molar-refractivity contribution in [1.29, 1.82) is 0 Å². The van der Waals surface area contributed by atoms with Crippen LogP contribution in [-0.4, -0.2) is 51.5 Å². The monoisotopic (exact) mass is 582 g/mol. The van der Waals surface area contributed by atoms with Crippen LogP contribution >= 0.6 is 0 Å². The van der Waals surface area contributed by atoms with Gasteiger partial charge in [-0.1, -0.05) is 62.4 Å². The fourth-order valence-corrected chi connectivity index (χ4v) is 4.50. The fourth-order valence-electron chi connectivity index (χ4n) is 4.50. The number of carbonyl (C=O) groups is 4. The molecule has 0 aliphatic rings. The van der Waals surface area contributed by atoms with Gasteiger partial charge in [0.1, 0.15) is 23.4 Å². The summed E-state index contributed by atoms with van der Waals surface area (Å²) in [5, 5.41) is 16.4. The van der Waals surface area contributed by atoms with Crippen molar-refractivity contribution < 1.29 is 29.0 Å². The molecule has 10 nitrogen and oxygen atoms in total. The van der Waals surface area contributed by atoms with Crippen LogP contribution in [0.15, 0.2) is 54.6 Å². The highest BCUT2D eigenvalue weighted by molar-refractivity contribution is 5.93. The van der Waals surface area contributed by atoms with E-state index in [9.17, 15) is 24.3 Å². The topological polar surface area (TPSA) is 151 Å². The molecule has 10 heteroatoms. The van der Waals surface area contributed by atoms with Gasteiger partial charge in [0.25, 0.3) is 0 Å². The second-order valence-electron chi connectivity index (χ2n) is 11.9. The van der Waals surface area contributed by atoms with E-state index in [-0.39, 0.29) is 30.7 Å². The van der Waals surface area contributed by atoms with Gasteiger partial charge in [-0.25, -0.2) is 4.79 Å². The lowest BCUT2D eigenvalue weighted by molar-refractivity contribution is -0.145. The van der Waals surface area contributed by atoms with Gasteiger partial charge in [0.15, 0.2) is 0 Å². The molecule has 0 saturated heterocycles. The van der Waals surface area contributed by atoms with Crippen LogP contribution in [0.4, 0.5) is 4.79 Å². The minimum Gasteiger partial charge on any atom is -0.508 e. The van der Waals surface area contributed by atoms with E-state index < -0.39 is 47.5 Å². The largest absolute Gasteiger partial charge is 0.508 e. The molecule has 4 amide bonds. The molecule has 230 valence electrons. The Bertz CT molecular complexity index is 1190. The first-order valence-electron chi connectivity index (χ1n) is 14.4. The minimum absolute atomic E-state index is 0.0973. The number of nitrogens with zero attached hydrogens (tertiary/aromatic N) is 1. The van der Waals surface area contributed by atoms with E-state index >= 15 is 0 Å². The van der Waals surface area contributed by atoms with Crippen molar-refractivity contribution in [2.75, 3.05) is 0 Å². The van der Waals surface area contributed by atoms with Crippen LogP contribution in [0.2, 0.25) is 0 Å². The molecule has 3 atom stereocenters. The number of benzene rings is 2. The van der Waals surface area contributed by atoms with Gasteiger partial charge >= 0.3 is 6.09 Å². The van der Waals surface area contributed by atoms with Crippen LogP contribution in [0, 0.1) is 5.92 Å². The molecular weight excluding hydrogens is 536 g/mol. The maximum atomic E-state index is 14.4. The summed E-state index contributed by atoms with van der Waals surface area (Å²) in [6.07, 6.45) is 0.193. The number of phenolic OH excluding ortho intramolecular Hbond substituents is 1. The zero-order chi connectivity index (χ0) is 31.4. The fraction of sp³-hybridized carbons (Fsp3) is 0.500. The lowest BCUT2D eigenvalue weighted by Gasteiger charge is -2.39. The van der Waals surface area contributed by atoms with E-state index in [1.807, 2.05) is 37.3 Å². The van der Waals surface area contributed by atoms with Crippen LogP contribution in [0.1, 0.15) is 84.4 Å². The van der Waals surface area contributed by atoms with Crippen molar-refractivity contribution in [3.8, 4) is 5.75 Å². The highest BCUT2D eigenvalue weighted by Gasteiger charge is 2.39. The normalized spacial score (nSPS) is 13.5. The summed E-state index contributed by atoms with van der Waals surface area (Å²) in [5.41, 5.74) is 5.66. The van der Waals surface area contributed by atoms with E-state index in [1.165, 1.54) is 11.0 Å². The smallest absolute Gasteiger partial charge is 0.408 e. The molecule has 0 bridgehead atoms. The number of hydrogen-bond acceptors (Lipinski definition) is 6. The number of aromatic hydroxyl groups is 1. The Morgan fingerprint density at radius 1 is 0.929 bits per heavy atom. The summed E-state index contributed by atoms with van der Waals surface area (Å²) in [7, 11) is 0. The van der Waals surface area contributed by atoms with Gasteiger partial charge in [-0.3, -0.25) is 14.4 Å². The Morgan fingerprint density at radius 3 is 2.12 bits per heavy atom. The molecule has 0 aliphatic carbocycles. The molecule has 3 unspecified atom stereocenters. The molecule has 5 N–H and O–H groups in total. The van der Waals surface area contributed by atoms with Crippen LogP contribution in [0.3, 0.4) is 0 Å². The standard InChI is InChI=1S/C32H46N4O6/c1-21(2)16-17-22(3)36(30(40)25(18-19-27(33)38)35-31(41)42-32(4,5)6)28(24-14-10-11-15-26(24)37)29(39)34-20-23-12-8-7-9-13-23/h7-15,21-22,25,28,37H,16-20H2,1-6H3,(H2,33,38)(H,34,39)(H,35,41). The number of primary amides is 1. The second-order valence-corrected chi connectivity index (χ2v) is 11.9. The Hall–Kier alpha value is -4.08. The summed E-state index contributed by atoms with van der Waals surface area (Å²) in [6.45, 7) is 11.2. The molecular formula is C32H46N4O6. The molecule has 2 aromatic carbocycles. The zero-order valence-electron chi connectivity index (χ0n) is 25.6. The van der Waals surface area contributed by atoms with Crippen molar-refractivity contribution >= 4 is 23.8 Å². The van der Waals surface area contributed by atoms with Crippen LogP contribution in [0.25, 0.3) is 0 Å². The number of alkyl carbamates (subject to hydrolysis) is 1. The molecule has 0 saturated carbocycles. The van der Waals surface area contributed by atoms with Crippen molar-refractivity contribution in [2.24, 2.45) is 11.7 Å². The minimum atomic E-state index is -1.24. The van der Waals surface area contributed by atoms with Crippen molar-refractivity contribution in [2.45, 2.75) is 97.5 Å². The molecule has 42 heavy (non-hydrogen) atoms. The van der Waals surface area contributed by atoms with Gasteiger partial charge < -0.3 is 31.1 Å². The lowest BCUT2D eigenvalue weighted by atomic mass is 9.96. The number of ether oxygens (including phenoxy) is 1. The Kier molecular flexibility index (Phi) is 12.8. The molecule has 0 aliphatic heterocycles. The van der Waals surface area contributed by atoms with Gasteiger partial charge in [-0.05, 0) is 64.5 Å². The number of hydrogen-bond donors (Lipinski definition) is 4. The number of phenols is 1. The van der Waals surface area contributed by atoms with E-state index in [0.29, 0.717) is 12.3 Å². The highest BCUT2D eigenvalue weighted by Crippen LogP contribution is 2.33. The lowest BCUT2D eigenvalue weighted by Crippen LogP contribution is -2.55. The molecule has 2 aromatic rings. The van der Waals surface area contributed by atoms with Gasteiger partial charge in [0, 0.05) is 24.6 Å². The highest BCUT2D eigenvalue weighted by atomic mass is 16.6. The van der Waals surface area contributed by atoms with Gasteiger partial charge in [-0.2, -0.15) is 0 Å². The maximum Gasteiger partial charge on any atom is 0.408 e. The molecule has 2 rings (SSSR count). The van der Waals surface area contributed by atoms with E-state index in [4.69, 9.17) is 10.5 Å². The molecule has 0 fully saturated rings. The summed E-state index contributed by atoms with van der Waals surface area (Å²) in [6, 6.07) is 12.8. The summed E-state index contributed by atoms with van der Waals surface area (Å²) < 4.78 is 5.39. The van der Waals surface area contributed by atoms with Crippen LogP contribution in [0.5, 0.6) is 5.75 Å². The van der Waals surface area contributed by atoms with E-state index in [2.05, 4.69) is 24.5 Å². The first-order chi connectivity index (χ1) is 19.7. The number of carbonyl (C=O) groups excluding carboxylic acids is 4. The van der Waals surface area contributed by atoms with Crippen LogP contribution in [-0.2, 0) is 25.7 Å². The maximum absolute atomic E-state index is 14.4. The second kappa shape index (κ2) is 15.8. The Labute approximate surface area is 249 Å². The molecule has 0 heterocycles. The first-order valence-corrected chi connectivity index (χ1v) is 14.4. The zero-order valence-corrected chi connectivity index (χ0v) is 25.6. The Morgan fingerprint density at radius 2 is 1.55 bits per heavy atom. The van der Waals surface area contributed by atoms with Crippen molar-refractivity contribution in [1.82, 2.24) is 15.5 Å². The van der Waals surface area contributed by atoms with Crippen molar-refractivity contribution in [3.05, 3.63) is 65.7 Å². The molecule has 0 radical (unpaired) electrons. The first kappa shape index (κ1) is 34.1. The summed E-state index contributed by atoms with van der Waals surface area (Å²) in [5.74, 6) is -1.57.